The molecule has 0 atom stereocenters. The number of fused-ring (bicyclic) bond motifs is 1. The fourth-order valence-corrected chi connectivity index (χ4v) is 2.59. The molecule has 0 aliphatic carbocycles. The Morgan fingerprint density at radius 1 is 1.04 bits per heavy atom. The van der Waals surface area contributed by atoms with Crippen LogP contribution in [-0.2, 0) is 23.9 Å². The molecule has 25 heavy (non-hydrogen) atoms. The van der Waals surface area contributed by atoms with E-state index in [0.29, 0.717) is 5.56 Å². The second kappa shape index (κ2) is 6.93. The molecule has 0 aliphatic rings. The minimum absolute atomic E-state index is 0.184. The Morgan fingerprint density at radius 3 is 2.52 bits per heavy atom. The molecule has 6 heteroatoms. The van der Waals surface area contributed by atoms with Crippen molar-refractivity contribution < 1.29 is 18.0 Å². The SMILES string of the molecule is O=C(Cc1cccc2cnccc12)NCc1ccc(C(F)(F)F)cc1. The van der Waals surface area contributed by atoms with Crippen LogP contribution in [0, 0.1) is 0 Å². The first-order valence-electron chi connectivity index (χ1n) is 7.68. The third kappa shape index (κ3) is 4.15. The number of carbonyl (C=O) groups is 1. The van der Waals surface area contributed by atoms with Crippen LogP contribution in [-0.4, -0.2) is 10.9 Å². The Morgan fingerprint density at radius 2 is 1.80 bits per heavy atom. The van der Waals surface area contributed by atoms with E-state index in [9.17, 15) is 18.0 Å². The molecule has 0 saturated heterocycles. The molecular weight excluding hydrogens is 329 g/mol. The molecule has 0 aliphatic heterocycles. The largest absolute Gasteiger partial charge is 0.416 e. The Hall–Kier alpha value is -2.89. The number of hydrogen-bond donors (Lipinski definition) is 1. The van der Waals surface area contributed by atoms with Crippen LogP contribution in [0.1, 0.15) is 16.7 Å². The van der Waals surface area contributed by atoms with E-state index in [1.165, 1.54) is 12.1 Å². The number of pyridine rings is 1. The zero-order chi connectivity index (χ0) is 17.9. The molecule has 2 aromatic carbocycles. The van der Waals surface area contributed by atoms with Gasteiger partial charge in [-0.05, 0) is 34.7 Å². The molecule has 1 aromatic heterocycles. The lowest BCUT2D eigenvalue weighted by molar-refractivity contribution is -0.137. The molecule has 0 saturated carbocycles. The van der Waals surface area contributed by atoms with Crippen molar-refractivity contribution >= 4 is 16.7 Å². The second-order valence-electron chi connectivity index (χ2n) is 5.66. The van der Waals surface area contributed by atoms with E-state index in [1.807, 2.05) is 24.3 Å². The van der Waals surface area contributed by atoms with Gasteiger partial charge in [-0.2, -0.15) is 13.2 Å². The first-order chi connectivity index (χ1) is 11.9. The van der Waals surface area contributed by atoms with Crippen molar-refractivity contribution in [3.05, 3.63) is 77.6 Å². The van der Waals surface area contributed by atoms with Gasteiger partial charge < -0.3 is 5.32 Å². The van der Waals surface area contributed by atoms with Gasteiger partial charge in [-0.3, -0.25) is 9.78 Å². The lowest BCUT2D eigenvalue weighted by atomic mass is 10.0. The predicted molar refractivity (Wildman–Crippen MR) is 88.7 cm³/mol. The quantitative estimate of drug-likeness (QED) is 0.774. The van der Waals surface area contributed by atoms with E-state index in [-0.39, 0.29) is 18.9 Å². The van der Waals surface area contributed by atoms with Crippen molar-refractivity contribution in [2.24, 2.45) is 0 Å². The maximum absolute atomic E-state index is 12.5. The van der Waals surface area contributed by atoms with E-state index < -0.39 is 11.7 Å². The number of rotatable bonds is 4. The highest BCUT2D eigenvalue weighted by Gasteiger charge is 2.29. The molecule has 0 spiro atoms. The molecule has 1 N–H and O–H groups in total. The third-order valence-corrected chi connectivity index (χ3v) is 3.89. The van der Waals surface area contributed by atoms with Crippen molar-refractivity contribution in [2.45, 2.75) is 19.1 Å². The summed E-state index contributed by atoms with van der Waals surface area (Å²) in [6, 6.07) is 12.3. The van der Waals surface area contributed by atoms with Crippen molar-refractivity contribution in [3.8, 4) is 0 Å². The van der Waals surface area contributed by atoms with Crippen LogP contribution in [0.15, 0.2) is 60.9 Å². The first kappa shape index (κ1) is 17.0. The third-order valence-electron chi connectivity index (χ3n) is 3.89. The summed E-state index contributed by atoms with van der Waals surface area (Å²) < 4.78 is 37.6. The lowest BCUT2D eigenvalue weighted by Crippen LogP contribution is -2.24. The maximum atomic E-state index is 12.5. The van der Waals surface area contributed by atoms with Crippen LogP contribution in [0.25, 0.3) is 10.8 Å². The van der Waals surface area contributed by atoms with Gasteiger partial charge >= 0.3 is 6.18 Å². The van der Waals surface area contributed by atoms with Crippen molar-refractivity contribution in [3.63, 3.8) is 0 Å². The van der Waals surface area contributed by atoms with E-state index in [0.717, 1.165) is 28.5 Å². The molecule has 3 aromatic rings. The van der Waals surface area contributed by atoms with E-state index >= 15 is 0 Å². The smallest absolute Gasteiger partial charge is 0.352 e. The van der Waals surface area contributed by atoms with Gasteiger partial charge in [-0.15, -0.1) is 0 Å². The van der Waals surface area contributed by atoms with Crippen LogP contribution in [0.4, 0.5) is 13.2 Å². The summed E-state index contributed by atoms with van der Waals surface area (Å²) in [5.41, 5.74) is 0.792. The van der Waals surface area contributed by atoms with Crippen LogP contribution in [0.5, 0.6) is 0 Å². The van der Waals surface area contributed by atoms with E-state index in [4.69, 9.17) is 0 Å². The average Bonchev–Trinajstić information content (AvgIpc) is 2.60. The van der Waals surface area contributed by atoms with Gasteiger partial charge in [0.15, 0.2) is 0 Å². The van der Waals surface area contributed by atoms with Crippen molar-refractivity contribution in [1.82, 2.24) is 10.3 Å². The summed E-state index contributed by atoms with van der Waals surface area (Å²) >= 11 is 0. The number of aromatic nitrogens is 1. The molecule has 0 bridgehead atoms. The number of halogens is 3. The summed E-state index contributed by atoms with van der Waals surface area (Å²) in [6.45, 7) is 0.184. The molecule has 0 unspecified atom stereocenters. The number of hydrogen-bond acceptors (Lipinski definition) is 2. The van der Waals surface area contributed by atoms with Gasteiger partial charge in [-0.1, -0.05) is 30.3 Å². The maximum Gasteiger partial charge on any atom is 0.416 e. The second-order valence-corrected chi connectivity index (χ2v) is 5.66. The van der Waals surface area contributed by atoms with E-state index in [1.54, 1.807) is 12.4 Å². The highest BCUT2D eigenvalue weighted by atomic mass is 19.4. The molecular formula is C19H15F3N2O. The molecule has 1 amide bonds. The Labute approximate surface area is 142 Å². The highest BCUT2D eigenvalue weighted by molar-refractivity contribution is 5.89. The molecule has 0 fully saturated rings. The summed E-state index contributed by atoms with van der Waals surface area (Å²) in [6.07, 6.45) is -0.752. The minimum Gasteiger partial charge on any atom is -0.352 e. The summed E-state index contributed by atoms with van der Waals surface area (Å²) in [7, 11) is 0. The molecule has 3 rings (SSSR count). The standard InChI is InChI=1S/C19H15F3N2O/c20-19(21,22)16-6-4-13(5-7-16)11-24-18(25)10-14-2-1-3-15-12-23-9-8-17(14)15/h1-9,12H,10-11H2,(H,24,25). The molecule has 0 radical (unpaired) electrons. The number of benzene rings is 2. The normalized spacial score (nSPS) is 11.5. The number of carbonyl (C=O) groups excluding carboxylic acids is 1. The summed E-state index contributed by atoms with van der Waals surface area (Å²) in [4.78, 5) is 16.2. The highest BCUT2D eigenvalue weighted by Crippen LogP contribution is 2.29. The minimum atomic E-state index is -4.36. The van der Waals surface area contributed by atoms with Crippen LogP contribution in [0.2, 0.25) is 0 Å². The summed E-state index contributed by atoms with van der Waals surface area (Å²) in [5, 5.41) is 4.65. The number of amides is 1. The predicted octanol–water partition coefficient (Wildman–Crippen LogP) is 4.11. The monoisotopic (exact) mass is 344 g/mol. The van der Waals surface area contributed by atoms with Gasteiger partial charge in [0.05, 0.1) is 12.0 Å². The van der Waals surface area contributed by atoms with Gasteiger partial charge in [0, 0.05) is 24.3 Å². The first-order valence-corrected chi connectivity index (χ1v) is 7.68. The van der Waals surface area contributed by atoms with Gasteiger partial charge in [0.1, 0.15) is 0 Å². The fourth-order valence-electron chi connectivity index (χ4n) is 2.59. The molecule has 128 valence electrons. The average molecular weight is 344 g/mol. The Kier molecular flexibility index (Phi) is 4.70. The van der Waals surface area contributed by atoms with Crippen LogP contribution < -0.4 is 5.32 Å². The van der Waals surface area contributed by atoms with Gasteiger partial charge in [-0.25, -0.2) is 0 Å². The molecule has 3 nitrogen and oxygen atoms in total. The lowest BCUT2D eigenvalue weighted by Gasteiger charge is -2.09. The Bertz CT molecular complexity index is 884. The number of alkyl halides is 3. The van der Waals surface area contributed by atoms with Gasteiger partial charge in [0.2, 0.25) is 5.91 Å². The fraction of sp³-hybridized carbons (Fsp3) is 0.158. The van der Waals surface area contributed by atoms with Crippen LogP contribution in [0.3, 0.4) is 0 Å². The van der Waals surface area contributed by atoms with Gasteiger partial charge in [0.25, 0.3) is 0 Å². The molecule has 1 heterocycles. The summed E-state index contributed by atoms with van der Waals surface area (Å²) in [5.74, 6) is -0.191. The zero-order valence-electron chi connectivity index (χ0n) is 13.2. The van der Waals surface area contributed by atoms with E-state index in [2.05, 4.69) is 10.3 Å². The Balaban J connectivity index is 1.63. The topological polar surface area (TPSA) is 42.0 Å². The van der Waals surface area contributed by atoms with Crippen LogP contribution >= 0.6 is 0 Å². The van der Waals surface area contributed by atoms with Crippen molar-refractivity contribution in [2.75, 3.05) is 0 Å². The number of nitrogens with zero attached hydrogens (tertiary/aromatic N) is 1. The number of nitrogens with one attached hydrogen (secondary N) is 1. The zero-order valence-corrected chi connectivity index (χ0v) is 13.2. The van der Waals surface area contributed by atoms with Crippen molar-refractivity contribution in [1.29, 1.82) is 0 Å².